The second-order valence-corrected chi connectivity index (χ2v) is 7.27. The molecule has 5 nitrogen and oxygen atoms in total. The molecule has 0 saturated heterocycles. The molecule has 6 heteroatoms. The Hall–Kier alpha value is -1.66. The molecule has 22 heavy (non-hydrogen) atoms. The van der Waals surface area contributed by atoms with Gasteiger partial charge in [0.15, 0.2) is 0 Å². The topological polar surface area (TPSA) is 72.9 Å². The lowest BCUT2D eigenvalue weighted by molar-refractivity contribution is 0.0900. The van der Waals surface area contributed by atoms with Crippen molar-refractivity contribution in [3.8, 4) is 11.3 Å². The van der Waals surface area contributed by atoms with Gasteiger partial charge in [-0.3, -0.25) is 4.79 Å². The lowest BCUT2D eigenvalue weighted by Gasteiger charge is -2.26. The van der Waals surface area contributed by atoms with Crippen LogP contribution in [0.15, 0.2) is 17.6 Å². The normalized spacial score (nSPS) is 11.7. The zero-order chi connectivity index (χ0) is 16.3. The van der Waals surface area contributed by atoms with Crippen LogP contribution in [0.3, 0.4) is 0 Å². The van der Waals surface area contributed by atoms with Crippen molar-refractivity contribution < 1.29 is 4.79 Å². The molecule has 2 aromatic heterocycles. The Labute approximate surface area is 135 Å². The number of aromatic nitrogens is 2. The minimum atomic E-state index is -0.266. The molecule has 0 unspecified atom stereocenters. The van der Waals surface area contributed by atoms with Crippen molar-refractivity contribution in [2.24, 2.45) is 12.8 Å². The van der Waals surface area contributed by atoms with E-state index in [1.807, 2.05) is 50.0 Å². The van der Waals surface area contributed by atoms with E-state index in [1.54, 1.807) is 11.3 Å². The van der Waals surface area contributed by atoms with Crippen LogP contribution in [0, 0.1) is 6.92 Å². The van der Waals surface area contributed by atoms with Crippen LogP contribution in [-0.4, -0.2) is 27.5 Å². The average Bonchev–Trinajstić information content (AvgIpc) is 3.02. The van der Waals surface area contributed by atoms with Crippen molar-refractivity contribution in [3.63, 3.8) is 0 Å². The molecular formula is C16H24N4OS. The highest BCUT2D eigenvalue weighted by molar-refractivity contribution is 7.09. The van der Waals surface area contributed by atoms with Gasteiger partial charge >= 0.3 is 0 Å². The van der Waals surface area contributed by atoms with E-state index >= 15 is 0 Å². The van der Waals surface area contributed by atoms with Crippen LogP contribution in [0.1, 0.15) is 42.2 Å². The van der Waals surface area contributed by atoms with Gasteiger partial charge in [0, 0.05) is 29.7 Å². The van der Waals surface area contributed by atoms with Gasteiger partial charge in [-0.05, 0) is 46.2 Å². The van der Waals surface area contributed by atoms with Gasteiger partial charge in [-0.15, -0.1) is 11.3 Å². The number of thiazole rings is 1. The largest absolute Gasteiger partial charge is 0.346 e. The van der Waals surface area contributed by atoms with Crippen molar-refractivity contribution in [1.29, 1.82) is 0 Å². The molecule has 0 aliphatic rings. The summed E-state index contributed by atoms with van der Waals surface area (Å²) < 4.78 is 1.85. The molecule has 0 aliphatic carbocycles. The molecular weight excluding hydrogens is 296 g/mol. The highest BCUT2D eigenvalue weighted by Crippen LogP contribution is 2.24. The first kappa shape index (κ1) is 16.7. The molecule has 2 aromatic rings. The molecule has 0 fully saturated rings. The molecule has 0 radical (unpaired) electrons. The SMILES string of the molecule is Cc1nc(-c2cc(C(=O)NC(C)(C)CCCN)n(C)c2)cs1. The second kappa shape index (κ2) is 6.62. The lowest BCUT2D eigenvalue weighted by Crippen LogP contribution is -2.44. The molecule has 0 bridgehead atoms. The van der Waals surface area contributed by atoms with Crippen LogP contribution in [-0.2, 0) is 7.05 Å². The van der Waals surface area contributed by atoms with E-state index in [0.29, 0.717) is 12.2 Å². The molecule has 2 rings (SSSR count). The van der Waals surface area contributed by atoms with Crippen LogP contribution in [0.4, 0.5) is 0 Å². The van der Waals surface area contributed by atoms with E-state index < -0.39 is 0 Å². The Balaban J connectivity index is 2.15. The molecule has 0 atom stereocenters. The van der Waals surface area contributed by atoms with Gasteiger partial charge in [-0.1, -0.05) is 0 Å². The molecule has 3 N–H and O–H groups in total. The molecule has 120 valence electrons. The molecule has 0 aromatic carbocycles. The summed E-state index contributed by atoms with van der Waals surface area (Å²) >= 11 is 1.61. The predicted molar refractivity (Wildman–Crippen MR) is 91.1 cm³/mol. The molecule has 2 heterocycles. The number of amides is 1. The Kier molecular flexibility index (Phi) is 5.03. The number of carbonyl (C=O) groups is 1. The van der Waals surface area contributed by atoms with E-state index in [4.69, 9.17) is 5.73 Å². The van der Waals surface area contributed by atoms with E-state index in [2.05, 4.69) is 10.3 Å². The summed E-state index contributed by atoms with van der Waals surface area (Å²) in [6, 6.07) is 1.89. The summed E-state index contributed by atoms with van der Waals surface area (Å²) in [7, 11) is 1.88. The van der Waals surface area contributed by atoms with Crippen molar-refractivity contribution in [2.75, 3.05) is 6.54 Å². The van der Waals surface area contributed by atoms with Crippen LogP contribution in [0.25, 0.3) is 11.3 Å². The summed E-state index contributed by atoms with van der Waals surface area (Å²) in [5, 5.41) is 6.12. The fourth-order valence-corrected chi connectivity index (χ4v) is 3.03. The third-order valence-corrected chi connectivity index (χ3v) is 4.38. The highest BCUT2D eigenvalue weighted by Gasteiger charge is 2.22. The minimum Gasteiger partial charge on any atom is -0.346 e. The standard InChI is InChI=1S/C16H24N4OS/c1-11-18-13(10-22-11)12-8-14(20(4)9-12)15(21)19-16(2,3)6-5-7-17/h8-10H,5-7,17H2,1-4H3,(H,19,21). The van der Waals surface area contributed by atoms with Crippen LogP contribution in [0.5, 0.6) is 0 Å². The lowest BCUT2D eigenvalue weighted by atomic mass is 9.98. The maximum Gasteiger partial charge on any atom is 0.268 e. The average molecular weight is 320 g/mol. The van der Waals surface area contributed by atoms with Crippen LogP contribution >= 0.6 is 11.3 Å². The molecule has 0 spiro atoms. The van der Waals surface area contributed by atoms with Crippen molar-refractivity contribution >= 4 is 17.2 Å². The third kappa shape index (κ3) is 3.96. The predicted octanol–water partition coefficient (Wildman–Crippen LogP) is 2.70. The number of carbonyl (C=O) groups excluding carboxylic acids is 1. The molecule has 0 saturated carbocycles. The van der Waals surface area contributed by atoms with E-state index in [0.717, 1.165) is 29.1 Å². The van der Waals surface area contributed by atoms with Crippen molar-refractivity contribution in [1.82, 2.24) is 14.9 Å². The molecule has 0 aliphatic heterocycles. The van der Waals surface area contributed by atoms with Crippen molar-refractivity contribution in [3.05, 3.63) is 28.3 Å². The van der Waals surface area contributed by atoms with Crippen LogP contribution in [0.2, 0.25) is 0 Å². The molecule has 1 amide bonds. The Morgan fingerprint density at radius 1 is 1.50 bits per heavy atom. The first-order valence-electron chi connectivity index (χ1n) is 7.44. The van der Waals surface area contributed by atoms with E-state index in [1.165, 1.54) is 0 Å². The monoisotopic (exact) mass is 320 g/mol. The summed E-state index contributed by atoms with van der Waals surface area (Å²) in [4.78, 5) is 17.0. The maximum atomic E-state index is 12.5. The van der Waals surface area contributed by atoms with Gasteiger partial charge < -0.3 is 15.6 Å². The van der Waals surface area contributed by atoms with Gasteiger partial charge in [0.25, 0.3) is 5.91 Å². The van der Waals surface area contributed by atoms with E-state index in [-0.39, 0.29) is 11.4 Å². The minimum absolute atomic E-state index is 0.0669. The third-order valence-electron chi connectivity index (χ3n) is 3.61. The second-order valence-electron chi connectivity index (χ2n) is 6.21. The number of nitrogens with one attached hydrogen (secondary N) is 1. The quantitative estimate of drug-likeness (QED) is 0.859. The summed E-state index contributed by atoms with van der Waals surface area (Å²) in [5.74, 6) is -0.0669. The first-order chi connectivity index (χ1) is 10.3. The van der Waals surface area contributed by atoms with Gasteiger partial charge in [-0.25, -0.2) is 4.98 Å². The smallest absolute Gasteiger partial charge is 0.268 e. The zero-order valence-corrected chi connectivity index (χ0v) is 14.5. The number of nitrogens with zero attached hydrogens (tertiary/aromatic N) is 2. The van der Waals surface area contributed by atoms with Gasteiger partial charge in [-0.2, -0.15) is 0 Å². The number of hydrogen-bond donors (Lipinski definition) is 2. The van der Waals surface area contributed by atoms with E-state index in [9.17, 15) is 4.79 Å². The Morgan fingerprint density at radius 3 is 2.82 bits per heavy atom. The number of hydrogen-bond acceptors (Lipinski definition) is 4. The van der Waals surface area contributed by atoms with Crippen molar-refractivity contribution in [2.45, 2.75) is 39.2 Å². The van der Waals surface area contributed by atoms with Crippen LogP contribution < -0.4 is 11.1 Å². The fraction of sp³-hybridized carbons (Fsp3) is 0.500. The van der Waals surface area contributed by atoms with Gasteiger partial charge in [0.2, 0.25) is 0 Å². The zero-order valence-electron chi connectivity index (χ0n) is 13.6. The Morgan fingerprint density at radius 2 is 2.23 bits per heavy atom. The summed E-state index contributed by atoms with van der Waals surface area (Å²) in [6.07, 6.45) is 3.69. The number of rotatable bonds is 6. The summed E-state index contributed by atoms with van der Waals surface area (Å²) in [6.45, 7) is 6.66. The van der Waals surface area contributed by atoms with Gasteiger partial charge in [0.1, 0.15) is 5.69 Å². The maximum absolute atomic E-state index is 12.5. The first-order valence-corrected chi connectivity index (χ1v) is 8.32. The Bertz CT molecular complexity index is 657. The van der Waals surface area contributed by atoms with Gasteiger partial charge in [0.05, 0.1) is 10.7 Å². The number of nitrogens with two attached hydrogens (primary N) is 1. The fourth-order valence-electron chi connectivity index (χ4n) is 2.40. The summed E-state index contributed by atoms with van der Waals surface area (Å²) in [5.41, 5.74) is 7.81. The number of aryl methyl sites for hydroxylation is 2. The highest BCUT2D eigenvalue weighted by atomic mass is 32.1.